The highest BCUT2D eigenvalue weighted by Gasteiger charge is 2.09. The van der Waals surface area contributed by atoms with E-state index in [-0.39, 0.29) is 0 Å². The lowest BCUT2D eigenvalue weighted by Gasteiger charge is -2.13. The second kappa shape index (κ2) is 5.43. The molecule has 0 aliphatic heterocycles. The summed E-state index contributed by atoms with van der Waals surface area (Å²) in [6, 6.07) is 12.7. The molecule has 0 bridgehead atoms. The molecule has 2 heterocycles. The maximum atomic E-state index is 4.76. The lowest BCUT2D eigenvalue weighted by atomic mass is 10.1. The van der Waals surface area contributed by atoms with Crippen molar-refractivity contribution in [1.29, 1.82) is 0 Å². The number of rotatable bonds is 4. The van der Waals surface area contributed by atoms with Crippen LogP contribution in [0.1, 0.15) is 19.4 Å². The second-order valence-electron chi connectivity index (χ2n) is 5.15. The smallest absolute Gasteiger partial charge is 0.158 e. The molecule has 0 saturated heterocycles. The van der Waals surface area contributed by atoms with Crippen LogP contribution in [0.2, 0.25) is 0 Å². The molecular formula is C16H18N4. The summed E-state index contributed by atoms with van der Waals surface area (Å²) >= 11 is 0. The largest absolute Gasteiger partial charge is 0.310 e. The highest BCUT2D eigenvalue weighted by atomic mass is 15.3. The van der Waals surface area contributed by atoms with E-state index < -0.39 is 0 Å². The zero-order valence-corrected chi connectivity index (χ0v) is 11.7. The van der Waals surface area contributed by atoms with Gasteiger partial charge in [0, 0.05) is 35.9 Å². The van der Waals surface area contributed by atoms with Crippen LogP contribution in [0.4, 0.5) is 0 Å². The summed E-state index contributed by atoms with van der Waals surface area (Å²) in [5, 5.41) is 8.91. The molecule has 1 N–H and O–H groups in total. The molecule has 4 heteroatoms. The van der Waals surface area contributed by atoms with Crippen molar-refractivity contribution in [2.45, 2.75) is 26.4 Å². The lowest BCUT2D eigenvalue weighted by Crippen LogP contribution is -2.23. The molecule has 2 aromatic heterocycles. The number of pyridine rings is 1. The molecule has 102 valence electrons. The van der Waals surface area contributed by atoms with Crippen molar-refractivity contribution < 1.29 is 0 Å². The Morgan fingerprint density at radius 1 is 1.20 bits per heavy atom. The first-order valence-corrected chi connectivity index (χ1v) is 6.86. The van der Waals surface area contributed by atoms with Gasteiger partial charge in [0.05, 0.1) is 5.52 Å². The van der Waals surface area contributed by atoms with Gasteiger partial charge in [-0.15, -0.1) is 0 Å². The van der Waals surface area contributed by atoms with Gasteiger partial charge in [0.15, 0.2) is 5.82 Å². The summed E-state index contributed by atoms with van der Waals surface area (Å²) in [6.45, 7) is 5.06. The Kier molecular flexibility index (Phi) is 3.48. The van der Waals surface area contributed by atoms with Gasteiger partial charge in [-0.05, 0) is 18.2 Å². The van der Waals surface area contributed by atoms with Gasteiger partial charge in [0.25, 0.3) is 0 Å². The lowest BCUT2D eigenvalue weighted by molar-refractivity contribution is 0.585. The van der Waals surface area contributed by atoms with Crippen molar-refractivity contribution >= 4 is 10.9 Å². The summed E-state index contributed by atoms with van der Waals surface area (Å²) < 4.78 is 1.82. The van der Waals surface area contributed by atoms with Crippen LogP contribution in [0.5, 0.6) is 0 Å². The molecule has 1 aromatic carbocycles. The average molecular weight is 266 g/mol. The van der Waals surface area contributed by atoms with E-state index in [0.29, 0.717) is 6.04 Å². The van der Waals surface area contributed by atoms with Crippen LogP contribution >= 0.6 is 0 Å². The minimum absolute atomic E-state index is 0.437. The van der Waals surface area contributed by atoms with Gasteiger partial charge in [-0.3, -0.25) is 0 Å². The average Bonchev–Trinajstić information content (AvgIpc) is 2.98. The van der Waals surface area contributed by atoms with Gasteiger partial charge in [0.2, 0.25) is 0 Å². The summed E-state index contributed by atoms with van der Waals surface area (Å²) in [5.41, 5.74) is 2.15. The van der Waals surface area contributed by atoms with Crippen molar-refractivity contribution in [2.75, 3.05) is 0 Å². The highest BCUT2D eigenvalue weighted by Crippen LogP contribution is 2.19. The Morgan fingerprint density at radius 3 is 2.80 bits per heavy atom. The third kappa shape index (κ3) is 2.56. The van der Waals surface area contributed by atoms with Gasteiger partial charge in [0.1, 0.15) is 0 Å². The third-order valence-electron chi connectivity index (χ3n) is 3.20. The molecule has 0 spiro atoms. The van der Waals surface area contributed by atoms with E-state index >= 15 is 0 Å². The number of para-hydroxylation sites is 1. The monoisotopic (exact) mass is 266 g/mol. The SMILES string of the molecule is CC(C)NCc1cc2ccccc2nc1-n1cccn1. The molecule has 0 aliphatic rings. The van der Waals surface area contributed by atoms with Gasteiger partial charge < -0.3 is 5.32 Å². The molecular weight excluding hydrogens is 248 g/mol. The summed E-state index contributed by atoms with van der Waals surface area (Å²) in [4.78, 5) is 4.76. The van der Waals surface area contributed by atoms with Gasteiger partial charge in [-0.25, -0.2) is 9.67 Å². The number of benzene rings is 1. The first-order chi connectivity index (χ1) is 9.74. The predicted molar refractivity (Wildman–Crippen MR) is 80.8 cm³/mol. The van der Waals surface area contributed by atoms with E-state index in [1.165, 1.54) is 0 Å². The normalized spacial score (nSPS) is 11.3. The van der Waals surface area contributed by atoms with Crippen molar-refractivity contribution in [3.63, 3.8) is 0 Å². The number of hydrogen-bond donors (Lipinski definition) is 1. The van der Waals surface area contributed by atoms with E-state index in [0.717, 1.165) is 28.8 Å². The van der Waals surface area contributed by atoms with Crippen molar-refractivity contribution in [2.24, 2.45) is 0 Å². The highest BCUT2D eigenvalue weighted by molar-refractivity contribution is 5.80. The summed E-state index contributed by atoms with van der Waals surface area (Å²) in [5.74, 6) is 0.891. The van der Waals surface area contributed by atoms with Crippen molar-refractivity contribution in [3.05, 3.63) is 54.4 Å². The van der Waals surface area contributed by atoms with E-state index in [9.17, 15) is 0 Å². The number of hydrogen-bond acceptors (Lipinski definition) is 3. The maximum absolute atomic E-state index is 4.76. The van der Waals surface area contributed by atoms with Crippen LogP contribution in [-0.4, -0.2) is 20.8 Å². The van der Waals surface area contributed by atoms with Crippen molar-refractivity contribution in [1.82, 2.24) is 20.1 Å². The summed E-state index contributed by atoms with van der Waals surface area (Å²) in [6.07, 6.45) is 3.70. The Bertz CT molecular complexity index is 702. The topological polar surface area (TPSA) is 42.7 Å². The minimum atomic E-state index is 0.437. The molecule has 0 unspecified atom stereocenters. The molecule has 4 nitrogen and oxygen atoms in total. The zero-order chi connectivity index (χ0) is 13.9. The van der Waals surface area contributed by atoms with Crippen LogP contribution in [0.15, 0.2) is 48.8 Å². The van der Waals surface area contributed by atoms with Crippen LogP contribution in [0.3, 0.4) is 0 Å². The molecule has 3 aromatic rings. The van der Waals surface area contributed by atoms with Crippen molar-refractivity contribution in [3.8, 4) is 5.82 Å². The number of fused-ring (bicyclic) bond motifs is 1. The number of aromatic nitrogens is 3. The quantitative estimate of drug-likeness (QED) is 0.789. The van der Waals surface area contributed by atoms with Gasteiger partial charge in [-0.1, -0.05) is 32.0 Å². The van der Waals surface area contributed by atoms with Crippen LogP contribution < -0.4 is 5.32 Å². The van der Waals surface area contributed by atoms with Gasteiger partial charge in [-0.2, -0.15) is 5.10 Å². The van der Waals surface area contributed by atoms with E-state index in [2.05, 4.69) is 36.4 Å². The first kappa shape index (κ1) is 12.8. The molecule has 0 amide bonds. The number of nitrogens with zero attached hydrogens (tertiary/aromatic N) is 3. The zero-order valence-electron chi connectivity index (χ0n) is 11.7. The fourth-order valence-electron chi connectivity index (χ4n) is 2.19. The standard InChI is InChI=1S/C16H18N4/c1-12(2)17-11-14-10-13-6-3-4-7-15(13)19-16(14)20-9-5-8-18-20/h3-10,12,17H,11H2,1-2H3. The molecule has 0 radical (unpaired) electrons. The maximum Gasteiger partial charge on any atom is 0.158 e. The molecule has 20 heavy (non-hydrogen) atoms. The Hall–Kier alpha value is -2.20. The molecule has 0 saturated carbocycles. The molecule has 0 fully saturated rings. The Balaban J connectivity index is 2.11. The number of nitrogens with one attached hydrogen (secondary N) is 1. The molecule has 3 rings (SSSR count). The third-order valence-corrected chi connectivity index (χ3v) is 3.20. The van der Waals surface area contributed by atoms with E-state index in [1.54, 1.807) is 6.20 Å². The summed E-state index contributed by atoms with van der Waals surface area (Å²) in [7, 11) is 0. The van der Waals surface area contributed by atoms with Crippen LogP contribution in [0, 0.1) is 0 Å². The molecule has 0 atom stereocenters. The fourth-order valence-corrected chi connectivity index (χ4v) is 2.19. The fraction of sp³-hybridized carbons (Fsp3) is 0.250. The Morgan fingerprint density at radius 2 is 2.05 bits per heavy atom. The first-order valence-electron chi connectivity index (χ1n) is 6.86. The van der Waals surface area contributed by atoms with Gasteiger partial charge >= 0.3 is 0 Å². The second-order valence-corrected chi connectivity index (χ2v) is 5.15. The van der Waals surface area contributed by atoms with Crippen LogP contribution in [0.25, 0.3) is 16.7 Å². The predicted octanol–water partition coefficient (Wildman–Crippen LogP) is 2.92. The van der Waals surface area contributed by atoms with E-state index in [4.69, 9.17) is 4.98 Å². The minimum Gasteiger partial charge on any atom is -0.310 e. The molecule has 0 aliphatic carbocycles. The Labute approximate surface area is 118 Å². The van der Waals surface area contributed by atoms with E-state index in [1.807, 2.05) is 35.1 Å². The van der Waals surface area contributed by atoms with Crippen LogP contribution in [-0.2, 0) is 6.54 Å².